The van der Waals surface area contributed by atoms with Gasteiger partial charge in [0.1, 0.15) is 11.5 Å². The van der Waals surface area contributed by atoms with E-state index in [1.807, 2.05) is 30.3 Å². The van der Waals surface area contributed by atoms with Crippen molar-refractivity contribution in [2.45, 2.75) is 6.42 Å². The molecule has 0 aliphatic rings. The summed E-state index contributed by atoms with van der Waals surface area (Å²) < 4.78 is 7.45. The quantitative estimate of drug-likeness (QED) is 0.698. The average Bonchev–Trinajstić information content (AvgIpc) is 2.96. The van der Waals surface area contributed by atoms with Gasteiger partial charge in [-0.25, -0.2) is 0 Å². The first-order valence-corrected chi connectivity index (χ1v) is 7.79. The highest BCUT2D eigenvalue weighted by atomic mass is 16.5. The van der Waals surface area contributed by atoms with Gasteiger partial charge >= 0.3 is 5.97 Å². The maximum atomic E-state index is 12.9. The second kappa shape index (κ2) is 7.05. The molecule has 1 heterocycles. The normalized spacial score (nSPS) is 10.4. The Labute approximate surface area is 145 Å². The lowest BCUT2D eigenvalue weighted by Crippen LogP contribution is -2.12. The number of rotatable bonds is 6. The Kier molecular flexibility index (Phi) is 4.66. The van der Waals surface area contributed by atoms with E-state index >= 15 is 0 Å². The van der Waals surface area contributed by atoms with Gasteiger partial charge in [0.25, 0.3) is 0 Å². The van der Waals surface area contributed by atoms with Crippen LogP contribution in [0.1, 0.15) is 21.7 Å². The van der Waals surface area contributed by atoms with E-state index in [4.69, 9.17) is 9.84 Å². The molecule has 0 atom stereocenters. The molecule has 1 aromatic heterocycles. The van der Waals surface area contributed by atoms with Crippen LogP contribution in [0.3, 0.4) is 0 Å². The number of hydrogen-bond acceptors (Lipinski definition) is 3. The lowest BCUT2D eigenvalue weighted by Gasteiger charge is -2.11. The van der Waals surface area contributed by atoms with Gasteiger partial charge in [-0.2, -0.15) is 0 Å². The summed E-state index contributed by atoms with van der Waals surface area (Å²) in [5.74, 6) is -0.0560. The van der Waals surface area contributed by atoms with Crippen LogP contribution in [0.4, 0.5) is 0 Å². The highest BCUT2D eigenvalue weighted by molar-refractivity contribution is 6.10. The molecule has 0 saturated heterocycles. The monoisotopic (exact) mass is 335 g/mol. The lowest BCUT2D eigenvalue weighted by atomic mass is 10.1. The summed E-state index contributed by atoms with van der Waals surface area (Å²) in [4.78, 5) is 23.8. The van der Waals surface area contributed by atoms with Crippen molar-refractivity contribution in [2.24, 2.45) is 7.05 Å². The molecule has 0 radical (unpaired) electrons. The Morgan fingerprint density at radius 3 is 2.36 bits per heavy atom. The van der Waals surface area contributed by atoms with Gasteiger partial charge in [-0.1, -0.05) is 30.3 Å². The number of nitrogens with zero attached hydrogens (tertiary/aromatic N) is 1. The van der Waals surface area contributed by atoms with E-state index in [-0.39, 0.29) is 12.2 Å². The van der Waals surface area contributed by atoms with E-state index in [0.29, 0.717) is 28.5 Å². The fraction of sp³-hybridized carbons (Fsp3) is 0.100. The average molecular weight is 335 g/mol. The topological polar surface area (TPSA) is 68.5 Å². The molecule has 1 N–H and O–H groups in total. The number of benzene rings is 2. The predicted molar refractivity (Wildman–Crippen MR) is 93.1 cm³/mol. The number of carboxylic acids is 1. The van der Waals surface area contributed by atoms with Crippen molar-refractivity contribution in [3.8, 4) is 11.5 Å². The van der Waals surface area contributed by atoms with E-state index < -0.39 is 5.97 Å². The lowest BCUT2D eigenvalue weighted by molar-refractivity contribution is -0.136. The van der Waals surface area contributed by atoms with Gasteiger partial charge in [-0.15, -0.1) is 0 Å². The highest BCUT2D eigenvalue weighted by Gasteiger charge is 2.19. The largest absolute Gasteiger partial charge is 0.481 e. The molecule has 0 aliphatic carbocycles. The molecular formula is C20H17NO4. The molecular weight excluding hydrogens is 318 g/mol. The first-order valence-electron chi connectivity index (χ1n) is 7.79. The second-order valence-corrected chi connectivity index (χ2v) is 5.58. The number of aliphatic carboxylic acids is 1. The summed E-state index contributed by atoms with van der Waals surface area (Å²) >= 11 is 0. The van der Waals surface area contributed by atoms with Crippen LogP contribution in [0, 0.1) is 0 Å². The van der Waals surface area contributed by atoms with E-state index in [1.165, 1.54) is 0 Å². The summed E-state index contributed by atoms with van der Waals surface area (Å²) in [6.07, 6.45) is -0.133. The number of ether oxygens (including phenoxy) is 1. The zero-order valence-corrected chi connectivity index (χ0v) is 13.7. The summed E-state index contributed by atoms with van der Waals surface area (Å²) in [7, 11) is 1.69. The van der Waals surface area contributed by atoms with Crippen molar-refractivity contribution >= 4 is 11.8 Å². The Bertz CT molecular complexity index is 912. The number of carbonyl (C=O) groups is 2. The first kappa shape index (κ1) is 16.5. The van der Waals surface area contributed by atoms with Crippen LogP contribution < -0.4 is 4.74 Å². The molecule has 5 nitrogen and oxygen atoms in total. The SMILES string of the molecule is Cn1c(CC(=O)O)ccc1C(=O)c1ccccc1Oc1ccccc1. The van der Waals surface area contributed by atoms with E-state index in [0.717, 1.165) is 0 Å². The van der Waals surface area contributed by atoms with Crippen LogP contribution in [0.5, 0.6) is 11.5 Å². The minimum Gasteiger partial charge on any atom is -0.481 e. The Hall–Kier alpha value is -3.34. The third-order valence-electron chi connectivity index (χ3n) is 3.89. The number of hydrogen-bond donors (Lipinski definition) is 1. The van der Waals surface area contributed by atoms with Gasteiger partial charge < -0.3 is 14.4 Å². The zero-order chi connectivity index (χ0) is 17.8. The Morgan fingerprint density at radius 1 is 0.960 bits per heavy atom. The van der Waals surface area contributed by atoms with Gasteiger partial charge in [-0.3, -0.25) is 9.59 Å². The van der Waals surface area contributed by atoms with Crippen molar-refractivity contribution < 1.29 is 19.4 Å². The molecule has 3 aromatic rings. The molecule has 0 saturated carbocycles. The molecule has 5 heteroatoms. The van der Waals surface area contributed by atoms with Gasteiger partial charge in [0.2, 0.25) is 5.78 Å². The highest BCUT2D eigenvalue weighted by Crippen LogP contribution is 2.27. The van der Waals surface area contributed by atoms with Crippen molar-refractivity contribution in [1.29, 1.82) is 0 Å². The molecule has 0 spiro atoms. The molecule has 0 aliphatic heterocycles. The summed E-state index contributed by atoms with van der Waals surface area (Å²) in [5.41, 5.74) is 1.41. The third kappa shape index (κ3) is 3.61. The van der Waals surface area contributed by atoms with Crippen molar-refractivity contribution in [3.63, 3.8) is 0 Å². The van der Waals surface area contributed by atoms with Crippen molar-refractivity contribution in [1.82, 2.24) is 4.57 Å². The number of carboxylic acid groups (broad SMARTS) is 1. The number of aromatic nitrogens is 1. The van der Waals surface area contributed by atoms with Crippen molar-refractivity contribution in [2.75, 3.05) is 0 Å². The maximum Gasteiger partial charge on any atom is 0.309 e. The van der Waals surface area contributed by atoms with Gasteiger partial charge in [0, 0.05) is 12.7 Å². The zero-order valence-electron chi connectivity index (χ0n) is 13.7. The van der Waals surface area contributed by atoms with Crippen LogP contribution in [-0.4, -0.2) is 21.4 Å². The molecule has 3 rings (SSSR count). The Balaban J connectivity index is 1.93. The van der Waals surface area contributed by atoms with Crippen LogP contribution in [-0.2, 0) is 18.3 Å². The van der Waals surface area contributed by atoms with E-state index in [2.05, 4.69) is 0 Å². The number of para-hydroxylation sites is 2. The summed E-state index contributed by atoms with van der Waals surface area (Å²) in [5, 5.41) is 8.95. The molecule has 0 fully saturated rings. The second-order valence-electron chi connectivity index (χ2n) is 5.58. The molecule has 0 amide bonds. The predicted octanol–water partition coefficient (Wildman–Crippen LogP) is 3.68. The summed E-state index contributed by atoms with van der Waals surface area (Å²) in [6.45, 7) is 0. The van der Waals surface area contributed by atoms with Crippen LogP contribution in [0.15, 0.2) is 66.7 Å². The smallest absolute Gasteiger partial charge is 0.309 e. The van der Waals surface area contributed by atoms with Gasteiger partial charge in [0.15, 0.2) is 0 Å². The van der Waals surface area contributed by atoms with Crippen LogP contribution in [0.2, 0.25) is 0 Å². The number of ketones is 1. The minimum absolute atomic E-state index is 0.133. The Morgan fingerprint density at radius 2 is 1.64 bits per heavy atom. The molecule has 25 heavy (non-hydrogen) atoms. The third-order valence-corrected chi connectivity index (χ3v) is 3.89. The fourth-order valence-electron chi connectivity index (χ4n) is 2.61. The standard InChI is InChI=1S/C20H17NO4/c1-21-14(13-19(22)23)11-12-17(21)20(24)16-9-5-6-10-18(16)25-15-7-3-2-4-8-15/h2-12H,13H2,1H3,(H,22,23). The van der Waals surface area contributed by atoms with Gasteiger partial charge in [0.05, 0.1) is 17.7 Å². The molecule has 0 bridgehead atoms. The maximum absolute atomic E-state index is 12.9. The van der Waals surface area contributed by atoms with E-state index in [1.54, 1.807) is 48.0 Å². The molecule has 0 unspecified atom stereocenters. The van der Waals surface area contributed by atoms with Gasteiger partial charge in [-0.05, 0) is 36.4 Å². The first-order chi connectivity index (χ1) is 12.1. The molecule has 126 valence electrons. The number of carbonyl (C=O) groups excluding carboxylic acids is 1. The summed E-state index contributed by atoms with van der Waals surface area (Å²) in [6, 6.07) is 19.5. The van der Waals surface area contributed by atoms with E-state index in [9.17, 15) is 9.59 Å². The van der Waals surface area contributed by atoms with Crippen LogP contribution in [0.25, 0.3) is 0 Å². The van der Waals surface area contributed by atoms with Crippen molar-refractivity contribution in [3.05, 3.63) is 83.7 Å². The fourth-order valence-corrected chi connectivity index (χ4v) is 2.61. The minimum atomic E-state index is -0.937. The van der Waals surface area contributed by atoms with Crippen LogP contribution >= 0.6 is 0 Å². The molecule has 2 aromatic carbocycles.